The number of nitrogens with one attached hydrogen (secondary N) is 1. The highest BCUT2D eigenvalue weighted by atomic mass is 16.5. The maximum atomic E-state index is 11.1. The number of aromatic amines is 1. The molecule has 0 aliphatic rings. The molecule has 0 amide bonds. The molecule has 68 valence electrons. The van der Waals surface area contributed by atoms with Gasteiger partial charge in [-0.1, -0.05) is 5.11 Å². The average molecular weight is 181 g/mol. The number of hydrogen-bond donors (Lipinski definition) is 1. The van der Waals surface area contributed by atoms with Gasteiger partial charge in [0.05, 0.1) is 18.5 Å². The Morgan fingerprint density at radius 3 is 3.31 bits per heavy atom. The first kappa shape index (κ1) is 9.08. The van der Waals surface area contributed by atoms with Crippen LogP contribution in [0.25, 0.3) is 10.4 Å². The normalized spacial score (nSPS) is 9.00. The minimum Gasteiger partial charge on any atom is -0.461 e. The van der Waals surface area contributed by atoms with E-state index in [2.05, 4.69) is 25.0 Å². The summed E-state index contributed by atoms with van der Waals surface area (Å²) in [5, 5.41) is 9.20. The Kier molecular flexibility index (Phi) is 2.88. The average Bonchev–Trinajstić information content (AvgIpc) is 2.54. The molecular formula is C6H7N5O2. The standard InChI is InChI=1S/C6H7N5O2/c1-2-13-6(12)5-4(9-11-7)3-8-10-5/h3H,2H2,1H3,(H,8,10). The third-order valence-corrected chi connectivity index (χ3v) is 1.25. The summed E-state index contributed by atoms with van der Waals surface area (Å²) in [6.45, 7) is 1.94. The van der Waals surface area contributed by atoms with Gasteiger partial charge in [0.2, 0.25) is 0 Å². The molecule has 1 heterocycles. The molecule has 1 N–H and O–H groups in total. The van der Waals surface area contributed by atoms with E-state index in [1.807, 2.05) is 0 Å². The van der Waals surface area contributed by atoms with E-state index >= 15 is 0 Å². The minimum absolute atomic E-state index is 0.0691. The van der Waals surface area contributed by atoms with E-state index in [0.29, 0.717) is 0 Å². The van der Waals surface area contributed by atoms with Crippen LogP contribution in [0.2, 0.25) is 0 Å². The van der Waals surface area contributed by atoms with Crippen molar-refractivity contribution in [3.05, 3.63) is 22.3 Å². The van der Waals surface area contributed by atoms with Crippen molar-refractivity contribution in [2.75, 3.05) is 6.61 Å². The summed E-state index contributed by atoms with van der Waals surface area (Å²) in [6, 6.07) is 0. The van der Waals surface area contributed by atoms with E-state index in [1.54, 1.807) is 6.92 Å². The number of H-pyrrole nitrogens is 1. The quantitative estimate of drug-likeness (QED) is 0.331. The molecular weight excluding hydrogens is 174 g/mol. The first-order chi connectivity index (χ1) is 6.29. The fraction of sp³-hybridized carbons (Fsp3) is 0.333. The van der Waals surface area contributed by atoms with Crippen LogP contribution < -0.4 is 0 Å². The van der Waals surface area contributed by atoms with Crippen LogP contribution in [-0.4, -0.2) is 22.8 Å². The van der Waals surface area contributed by atoms with Crippen LogP contribution in [-0.2, 0) is 4.74 Å². The molecule has 1 rings (SSSR count). The van der Waals surface area contributed by atoms with Crippen molar-refractivity contribution < 1.29 is 9.53 Å². The van der Waals surface area contributed by atoms with Crippen molar-refractivity contribution in [3.63, 3.8) is 0 Å². The van der Waals surface area contributed by atoms with Crippen molar-refractivity contribution in [3.8, 4) is 0 Å². The van der Waals surface area contributed by atoms with Crippen LogP contribution in [0.4, 0.5) is 5.69 Å². The zero-order valence-electron chi connectivity index (χ0n) is 6.89. The summed E-state index contributed by atoms with van der Waals surface area (Å²) in [4.78, 5) is 13.7. The molecule has 0 saturated heterocycles. The van der Waals surface area contributed by atoms with Gasteiger partial charge in [0.15, 0.2) is 5.69 Å². The molecule has 0 fully saturated rings. The molecule has 0 saturated carbocycles. The third-order valence-electron chi connectivity index (χ3n) is 1.25. The summed E-state index contributed by atoms with van der Waals surface area (Å²) in [6.07, 6.45) is 1.26. The van der Waals surface area contributed by atoms with Crippen LogP contribution in [0.15, 0.2) is 11.3 Å². The number of nitrogens with zero attached hydrogens (tertiary/aromatic N) is 4. The molecule has 7 nitrogen and oxygen atoms in total. The number of azide groups is 1. The number of carbonyl (C=O) groups excluding carboxylic acids is 1. The summed E-state index contributed by atoms with van der Waals surface area (Å²) in [7, 11) is 0. The van der Waals surface area contributed by atoms with Gasteiger partial charge in [-0.25, -0.2) is 4.79 Å². The van der Waals surface area contributed by atoms with Crippen LogP contribution in [0.1, 0.15) is 17.4 Å². The topological polar surface area (TPSA) is 104 Å². The van der Waals surface area contributed by atoms with Gasteiger partial charge >= 0.3 is 5.97 Å². The highest BCUT2D eigenvalue weighted by molar-refractivity contribution is 5.92. The van der Waals surface area contributed by atoms with Crippen molar-refractivity contribution in [2.45, 2.75) is 6.92 Å². The van der Waals surface area contributed by atoms with Crippen molar-refractivity contribution in [2.24, 2.45) is 5.11 Å². The van der Waals surface area contributed by atoms with Gasteiger partial charge in [-0.05, 0) is 12.5 Å². The van der Waals surface area contributed by atoms with Gasteiger partial charge in [-0.2, -0.15) is 5.10 Å². The second kappa shape index (κ2) is 4.13. The Morgan fingerprint density at radius 2 is 2.69 bits per heavy atom. The lowest BCUT2D eigenvalue weighted by Crippen LogP contribution is -2.05. The molecule has 1 aromatic rings. The lowest BCUT2D eigenvalue weighted by Gasteiger charge is -1.97. The van der Waals surface area contributed by atoms with Gasteiger partial charge in [-0.15, -0.1) is 0 Å². The number of carbonyl (C=O) groups is 1. The van der Waals surface area contributed by atoms with Gasteiger partial charge in [-0.3, -0.25) is 5.10 Å². The molecule has 0 aliphatic carbocycles. The summed E-state index contributed by atoms with van der Waals surface area (Å²) >= 11 is 0. The molecule has 0 aliphatic heterocycles. The predicted octanol–water partition coefficient (Wildman–Crippen LogP) is 1.53. The molecule has 0 spiro atoms. The lowest BCUT2D eigenvalue weighted by atomic mass is 10.4. The Hall–Kier alpha value is -2.01. The molecule has 1 aromatic heterocycles. The maximum absolute atomic E-state index is 11.1. The monoisotopic (exact) mass is 181 g/mol. The van der Waals surface area contributed by atoms with E-state index in [9.17, 15) is 4.79 Å². The Balaban J connectivity index is 2.93. The molecule has 0 radical (unpaired) electrons. The smallest absolute Gasteiger partial charge is 0.356 e. The third kappa shape index (κ3) is 1.97. The molecule has 0 aromatic carbocycles. The SMILES string of the molecule is CCOC(=O)c1[nH]ncc1N=[N+]=[N-]. The van der Waals surface area contributed by atoms with Gasteiger partial charge in [0, 0.05) is 4.91 Å². The summed E-state index contributed by atoms with van der Waals surface area (Å²) in [5.41, 5.74) is 8.35. The summed E-state index contributed by atoms with van der Waals surface area (Å²) < 4.78 is 4.68. The fourth-order valence-electron chi connectivity index (χ4n) is 0.757. The summed E-state index contributed by atoms with van der Waals surface area (Å²) in [5.74, 6) is -0.581. The van der Waals surface area contributed by atoms with E-state index in [1.165, 1.54) is 6.20 Å². The van der Waals surface area contributed by atoms with Gasteiger partial charge in [0.25, 0.3) is 0 Å². The Labute approximate surface area is 73.3 Å². The van der Waals surface area contributed by atoms with E-state index in [-0.39, 0.29) is 18.0 Å². The van der Waals surface area contributed by atoms with Crippen molar-refractivity contribution >= 4 is 11.7 Å². The van der Waals surface area contributed by atoms with Crippen molar-refractivity contribution in [1.82, 2.24) is 10.2 Å². The van der Waals surface area contributed by atoms with E-state index in [0.717, 1.165) is 0 Å². The van der Waals surface area contributed by atoms with Crippen molar-refractivity contribution in [1.29, 1.82) is 0 Å². The van der Waals surface area contributed by atoms with Gasteiger partial charge < -0.3 is 4.74 Å². The maximum Gasteiger partial charge on any atom is 0.356 e. The van der Waals surface area contributed by atoms with Crippen LogP contribution in [0, 0.1) is 0 Å². The van der Waals surface area contributed by atoms with E-state index in [4.69, 9.17) is 5.53 Å². The first-order valence-corrected chi connectivity index (χ1v) is 3.55. The number of rotatable bonds is 3. The lowest BCUT2D eigenvalue weighted by molar-refractivity contribution is 0.0520. The highest BCUT2D eigenvalue weighted by Gasteiger charge is 2.12. The zero-order valence-corrected chi connectivity index (χ0v) is 6.89. The molecule has 13 heavy (non-hydrogen) atoms. The molecule has 0 unspecified atom stereocenters. The number of hydrogen-bond acceptors (Lipinski definition) is 4. The molecule has 0 bridgehead atoms. The number of esters is 1. The van der Waals surface area contributed by atoms with Crippen LogP contribution >= 0.6 is 0 Å². The second-order valence-electron chi connectivity index (χ2n) is 2.04. The van der Waals surface area contributed by atoms with Crippen LogP contribution in [0.3, 0.4) is 0 Å². The number of ether oxygens (including phenoxy) is 1. The fourth-order valence-corrected chi connectivity index (χ4v) is 0.757. The van der Waals surface area contributed by atoms with Gasteiger partial charge in [0.1, 0.15) is 0 Å². The van der Waals surface area contributed by atoms with E-state index < -0.39 is 5.97 Å². The Bertz CT molecular complexity index is 352. The molecule has 7 heteroatoms. The molecule has 0 atom stereocenters. The first-order valence-electron chi connectivity index (χ1n) is 3.55. The zero-order chi connectivity index (χ0) is 9.68. The van der Waals surface area contributed by atoms with Crippen LogP contribution in [0.5, 0.6) is 0 Å². The predicted molar refractivity (Wildman–Crippen MR) is 43.4 cm³/mol. The second-order valence-corrected chi connectivity index (χ2v) is 2.04. The minimum atomic E-state index is -0.581. The number of aromatic nitrogens is 2. The Morgan fingerprint density at radius 1 is 1.92 bits per heavy atom. The highest BCUT2D eigenvalue weighted by Crippen LogP contribution is 2.16. The largest absolute Gasteiger partial charge is 0.461 e.